The summed E-state index contributed by atoms with van der Waals surface area (Å²) in [7, 11) is -3.62. The molecule has 0 unspecified atom stereocenters. The first kappa shape index (κ1) is 20.6. The minimum absolute atomic E-state index is 0.0116. The highest BCUT2D eigenvalue weighted by atomic mass is 35.5. The van der Waals surface area contributed by atoms with Gasteiger partial charge in [0.05, 0.1) is 4.90 Å². The molecular weight excluding hydrogens is 398 g/mol. The summed E-state index contributed by atoms with van der Waals surface area (Å²) in [6.45, 7) is 1.46. The van der Waals surface area contributed by atoms with Gasteiger partial charge in [0.1, 0.15) is 0 Å². The van der Waals surface area contributed by atoms with Gasteiger partial charge in [-0.2, -0.15) is 0 Å². The molecule has 150 valence electrons. The number of hydrogen-bond donors (Lipinski definition) is 3. The second kappa shape index (κ2) is 8.94. The fourth-order valence-electron chi connectivity index (χ4n) is 3.39. The van der Waals surface area contributed by atoms with E-state index in [4.69, 9.17) is 11.6 Å². The van der Waals surface area contributed by atoms with Crippen LogP contribution in [0.15, 0.2) is 53.4 Å². The standard InChI is InChI=1S/C20H24ClN3O3S/c1-14(25)22-16-8-10-17(11-9-16)23-19-4-2-3-5-20(19)24-28(26,27)18-12-6-15(21)7-13-18/h6-13,19-20,23-24H,2-5H2,1H3,(H,22,25)/t19-,20+/m1/s1. The summed E-state index contributed by atoms with van der Waals surface area (Å²) < 4.78 is 28.3. The highest BCUT2D eigenvalue weighted by Gasteiger charge is 2.29. The largest absolute Gasteiger partial charge is 0.381 e. The fraction of sp³-hybridized carbons (Fsp3) is 0.350. The number of hydrogen-bond acceptors (Lipinski definition) is 4. The van der Waals surface area contributed by atoms with Crippen LogP contribution in [0, 0.1) is 0 Å². The molecule has 0 bridgehead atoms. The number of carbonyl (C=O) groups excluding carboxylic acids is 1. The molecule has 0 aromatic heterocycles. The fourth-order valence-corrected chi connectivity index (χ4v) is 4.83. The van der Waals surface area contributed by atoms with Gasteiger partial charge in [-0.1, -0.05) is 24.4 Å². The maximum Gasteiger partial charge on any atom is 0.240 e. The molecule has 6 nitrogen and oxygen atoms in total. The second-order valence-corrected chi connectivity index (χ2v) is 9.13. The first-order valence-corrected chi connectivity index (χ1v) is 11.1. The van der Waals surface area contributed by atoms with Crippen molar-refractivity contribution in [3.8, 4) is 0 Å². The minimum Gasteiger partial charge on any atom is -0.381 e. The van der Waals surface area contributed by atoms with E-state index in [1.54, 1.807) is 12.1 Å². The molecule has 2 aromatic carbocycles. The van der Waals surface area contributed by atoms with E-state index in [1.165, 1.54) is 19.1 Å². The third kappa shape index (κ3) is 5.47. The summed E-state index contributed by atoms with van der Waals surface area (Å²) in [4.78, 5) is 11.3. The van der Waals surface area contributed by atoms with Crippen molar-refractivity contribution in [1.82, 2.24) is 4.72 Å². The van der Waals surface area contributed by atoms with E-state index < -0.39 is 10.0 Å². The van der Waals surface area contributed by atoms with Gasteiger partial charge in [0.25, 0.3) is 0 Å². The molecule has 3 rings (SSSR count). The number of halogens is 1. The van der Waals surface area contributed by atoms with Gasteiger partial charge in [-0.3, -0.25) is 4.79 Å². The van der Waals surface area contributed by atoms with E-state index >= 15 is 0 Å². The number of benzene rings is 2. The molecule has 0 saturated heterocycles. The molecule has 0 spiro atoms. The lowest BCUT2D eigenvalue weighted by atomic mass is 9.91. The minimum atomic E-state index is -3.62. The molecule has 2 atom stereocenters. The number of anilines is 2. The van der Waals surface area contributed by atoms with E-state index in [1.807, 2.05) is 24.3 Å². The van der Waals surface area contributed by atoms with Crippen molar-refractivity contribution in [2.75, 3.05) is 10.6 Å². The summed E-state index contributed by atoms with van der Waals surface area (Å²) in [5.41, 5.74) is 1.61. The molecule has 3 N–H and O–H groups in total. The van der Waals surface area contributed by atoms with Crippen molar-refractivity contribution < 1.29 is 13.2 Å². The van der Waals surface area contributed by atoms with Crippen LogP contribution in [-0.2, 0) is 14.8 Å². The number of rotatable bonds is 6. The van der Waals surface area contributed by atoms with E-state index in [0.717, 1.165) is 37.1 Å². The summed E-state index contributed by atoms with van der Waals surface area (Å²) in [5, 5.41) is 6.66. The average Bonchev–Trinajstić information content (AvgIpc) is 2.65. The molecule has 0 aliphatic heterocycles. The topological polar surface area (TPSA) is 87.3 Å². The second-order valence-electron chi connectivity index (χ2n) is 6.98. The van der Waals surface area contributed by atoms with Crippen molar-refractivity contribution in [1.29, 1.82) is 0 Å². The average molecular weight is 422 g/mol. The number of nitrogens with one attached hydrogen (secondary N) is 3. The highest BCUT2D eigenvalue weighted by molar-refractivity contribution is 7.89. The van der Waals surface area contributed by atoms with E-state index in [9.17, 15) is 13.2 Å². The lowest BCUT2D eigenvalue weighted by Gasteiger charge is -2.33. The van der Waals surface area contributed by atoms with E-state index in [-0.39, 0.29) is 22.9 Å². The summed E-state index contributed by atoms with van der Waals surface area (Å²) >= 11 is 5.86. The SMILES string of the molecule is CC(=O)Nc1ccc(N[C@@H]2CCCC[C@@H]2NS(=O)(=O)c2ccc(Cl)cc2)cc1. The van der Waals surface area contributed by atoms with Crippen molar-refractivity contribution >= 4 is 38.9 Å². The molecule has 2 aromatic rings. The van der Waals surface area contributed by atoms with Gasteiger partial charge >= 0.3 is 0 Å². The highest BCUT2D eigenvalue weighted by Crippen LogP contribution is 2.25. The Balaban J connectivity index is 1.70. The third-order valence-electron chi connectivity index (χ3n) is 4.75. The molecule has 1 saturated carbocycles. The van der Waals surface area contributed by atoms with Gasteiger partial charge in [0.2, 0.25) is 15.9 Å². The van der Waals surface area contributed by atoms with Crippen LogP contribution in [0.1, 0.15) is 32.6 Å². The molecular formula is C20H24ClN3O3S. The van der Waals surface area contributed by atoms with Crippen molar-refractivity contribution in [2.24, 2.45) is 0 Å². The quantitative estimate of drug-likeness (QED) is 0.657. The molecule has 0 heterocycles. The lowest BCUT2D eigenvalue weighted by Crippen LogP contribution is -2.48. The number of amides is 1. The van der Waals surface area contributed by atoms with Gasteiger partial charge in [0.15, 0.2) is 0 Å². The van der Waals surface area contributed by atoms with Crippen LogP contribution >= 0.6 is 11.6 Å². The predicted octanol–water partition coefficient (Wildman–Crippen LogP) is 4.00. The van der Waals surface area contributed by atoms with Crippen LogP contribution in [0.3, 0.4) is 0 Å². The van der Waals surface area contributed by atoms with Crippen LogP contribution in [0.25, 0.3) is 0 Å². The summed E-state index contributed by atoms with van der Waals surface area (Å²) in [6, 6.07) is 13.3. The Hall–Kier alpha value is -2.09. The van der Waals surface area contributed by atoms with Crippen LogP contribution in [0.2, 0.25) is 5.02 Å². The van der Waals surface area contributed by atoms with Crippen molar-refractivity contribution in [3.05, 3.63) is 53.6 Å². The Labute approximate surface area is 170 Å². The Morgan fingerprint density at radius 2 is 1.50 bits per heavy atom. The first-order chi connectivity index (χ1) is 13.3. The van der Waals surface area contributed by atoms with Crippen LogP contribution in [0.5, 0.6) is 0 Å². The number of carbonyl (C=O) groups is 1. The molecule has 28 heavy (non-hydrogen) atoms. The van der Waals surface area contributed by atoms with E-state index in [0.29, 0.717) is 5.02 Å². The normalized spacial score (nSPS) is 19.8. The number of sulfonamides is 1. The monoisotopic (exact) mass is 421 g/mol. The zero-order chi connectivity index (χ0) is 20.1. The zero-order valence-corrected chi connectivity index (χ0v) is 17.2. The molecule has 1 aliphatic carbocycles. The van der Waals surface area contributed by atoms with Crippen LogP contribution < -0.4 is 15.4 Å². The van der Waals surface area contributed by atoms with Crippen LogP contribution in [-0.4, -0.2) is 26.4 Å². The summed E-state index contributed by atoms with van der Waals surface area (Å²) in [6.07, 6.45) is 3.67. The van der Waals surface area contributed by atoms with E-state index in [2.05, 4.69) is 15.4 Å². The van der Waals surface area contributed by atoms with Gasteiger partial charge in [-0.05, 0) is 61.4 Å². The lowest BCUT2D eigenvalue weighted by molar-refractivity contribution is -0.114. The summed E-state index contributed by atoms with van der Waals surface area (Å²) in [5.74, 6) is -0.121. The van der Waals surface area contributed by atoms with Crippen molar-refractivity contribution in [2.45, 2.75) is 49.6 Å². The molecule has 1 fully saturated rings. The maximum atomic E-state index is 12.7. The molecule has 1 amide bonds. The predicted molar refractivity (Wildman–Crippen MR) is 112 cm³/mol. The molecule has 8 heteroatoms. The first-order valence-electron chi connectivity index (χ1n) is 9.25. The Kier molecular flexibility index (Phi) is 6.59. The molecule has 0 radical (unpaired) electrons. The Morgan fingerprint density at radius 3 is 2.11 bits per heavy atom. The van der Waals surface area contributed by atoms with Crippen molar-refractivity contribution in [3.63, 3.8) is 0 Å². The molecule has 1 aliphatic rings. The van der Waals surface area contributed by atoms with Gasteiger partial charge in [-0.25, -0.2) is 13.1 Å². The van der Waals surface area contributed by atoms with Crippen LogP contribution in [0.4, 0.5) is 11.4 Å². The van der Waals surface area contributed by atoms with Gasteiger partial charge < -0.3 is 10.6 Å². The zero-order valence-electron chi connectivity index (χ0n) is 15.6. The third-order valence-corrected chi connectivity index (χ3v) is 6.51. The van der Waals surface area contributed by atoms with Gasteiger partial charge in [-0.15, -0.1) is 0 Å². The maximum absolute atomic E-state index is 12.7. The Bertz CT molecular complexity index is 915. The smallest absolute Gasteiger partial charge is 0.240 e. The Morgan fingerprint density at radius 1 is 0.929 bits per heavy atom. The van der Waals surface area contributed by atoms with Gasteiger partial charge in [0, 0.05) is 35.4 Å².